The lowest BCUT2D eigenvalue weighted by atomic mass is 9.59. The van der Waals surface area contributed by atoms with Crippen LogP contribution >= 0.6 is 19.4 Å². The number of carbonyl (C=O) groups excluding carboxylic acids is 3. The average molecular weight is 690 g/mol. The molecule has 2 aromatic carbocycles. The van der Waals surface area contributed by atoms with Crippen LogP contribution in [0.25, 0.3) is 0 Å². The summed E-state index contributed by atoms with van der Waals surface area (Å²) >= 11 is 5.69. The minimum absolute atomic E-state index is 0.0175. The summed E-state index contributed by atoms with van der Waals surface area (Å²) in [7, 11) is -4.64. The van der Waals surface area contributed by atoms with Gasteiger partial charge in [0.05, 0.1) is 17.2 Å². The molecule has 0 unspecified atom stereocenters. The Morgan fingerprint density at radius 1 is 0.957 bits per heavy atom. The number of phosphoric acid groups is 1. The molecule has 3 aliphatic carbocycles. The van der Waals surface area contributed by atoms with Gasteiger partial charge < -0.3 is 39.9 Å². The number of hydrogen-bond donors (Lipinski definition) is 5. The zero-order chi connectivity index (χ0) is 33.5. The highest BCUT2D eigenvalue weighted by Gasteiger charge is 2.57. The van der Waals surface area contributed by atoms with E-state index in [9.17, 15) is 27.7 Å². The number of hydrogen-bond acceptors (Lipinski definition) is 8. The average Bonchev–Trinajstić information content (AvgIpc) is 2.98. The van der Waals surface area contributed by atoms with Crippen molar-refractivity contribution in [2.45, 2.75) is 62.6 Å². The van der Waals surface area contributed by atoms with Crippen LogP contribution in [0, 0.1) is 18.6 Å². The van der Waals surface area contributed by atoms with E-state index in [1.165, 1.54) is 30.3 Å². The zero-order valence-corrected chi connectivity index (χ0v) is 26.5. The standard InChI is InChI=1S/C29H35ClF2N3O10P/c1-18-3-4-19(13-22(18)31)43-17-26(37)35-29-9-7-28(8-10-29,34-25(36)16-42-20-5-6-21(30)23(32)14-20)15-24(29)45-27(38)33-11-2-12-44-46(39,40)41/h3-6,13-14,24H,2,7-12,15-17H2,1H3,(H,33,38)(H,34,36)(H,35,37)(H2,39,40,41)/t24-,28?,29?/m0/s1. The molecule has 46 heavy (non-hydrogen) atoms. The summed E-state index contributed by atoms with van der Waals surface area (Å²) < 4.78 is 59.5. The molecule has 0 radical (unpaired) electrons. The summed E-state index contributed by atoms with van der Waals surface area (Å²) in [6, 6.07) is 8.03. The highest BCUT2D eigenvalue weighted by Crippen LogP contribution is 2.48. The van der Waals surface area contributed by atoms with Gasteiger partial charge in [-0.15, -0.1) is 0 Å². The number of carbonyl (C=O) groups is 3. The molecular weight excluding hydrogens is 655 g/mol. The van der Waals surface area contributed by atoms with Gasteiger partial charge in [-0.25, -0.2) is 18.1 Å². The SMILES string of the molecule is Cc1ccc(OCC(=O)NC23CCC(NC(=O)COc4ccc(Cl)c(F)c4)(CC2)C[C@@H]3OC(=O)NCCCOP(=O)(O)O)cc1F. The predicted molar refractivity (Wildman–Crippen MR) is 159 cm³/mol. The Morgan fingerprint density at radius 2 is 1.57 bits per heavy atom. The molecule has 5 rings (SSSR count). The topological polar surface area (TPSA) is 182 Å². The normalized spacial score (nSPS) is 22.1. The largest absolute Gasteiger partial charge is 0.484 e. The summed E-state index contributed by atoms with van der Waals surface area (Å²) in [4.78, 5) is 56.2. The van der Waals surface area contributed by atoms with Gasteiger partial charge in [0.15, 0.2) is 13.2 Å². The van der Waals surface area contributed by atoms with Crippen molar-refractivity contribution >= 4 is 37.3 Å². The molecule has 3 fully saturated rings. The monoisotopic (exact) mass is 689 g/mol. The fraction of sp³-hybridized carbons (Fsp3) is 0.483. The Bertz CT molecular complexity index is 1490. The van der Waals surface area contributed by atoms with E-state index in [0.717, 1.165) is 6.07 Å². The first-order valence-electron chi connectivity index (χ1n) is 14.4. The Balaban J connectivity index is 1.39. The van der Waals surface area contributed by atoms with Gasteiger partial charge in [0.1, 0.15) is 29.2 Å². The smallest absolute Gasteiger partial charge is 0.469 e. The quantitative estimate of drug-likeness (QED) is 0.145. The first-order valence-corrected chi connectivity index (χ1v) is 16.3. The van der Waals surface area contributed by atoms with Gasteiger partial charge >= 0.3 is 13.9 Å². The van der Waals surface area contributed by atoms with E-state index in [1.54, 1.807) is 6.92 Å². The van der Waals surface area contributed by atoms with E-state index in [1.807, 2.05) is 0 Å². The first-order chi connectivity index (χ1) is 21.7. The number of benzene rings is 2. The molecule has 5 N–H and O–H groups in total. The highest BCUT2D eigenvalue weighted by atomic mass is 35.5. The molecule has 17 heteroatoms. The number of rotatable bonds is 14. The molecule has 0 heterocycles. The van der Waals surface area contributed by atoms with Gasteiger partial charge in [-0.1, -0.05) is 17.7 Å². The number of fused-ring (bicyclic) bond motifs is 3. The molecule has 3 saturated carbocycles. The molecule has 252 valence electrons. The Morgan fingerprint density at radius 3 is 2.17 bits per heavy atom. The lowest BCUT2D eigenvalue weighted by Crippen LogP contribution is -2.71. The van der Waals surface area contributed by atoms with Crippen molar-refractivity contribution < 1.29 is 56.3 Å². The number of phosphoric ester groups is 1. The van der Waals surface area contributed by atoms with E-state index in [2.05, 4.69) is 20.5 Å². The third-order valence-corrected chi connectivity index (χ3v) is 8.78. The van der Waals surface area contributed by atoms with E-state index in [0.29, 0.717) is 31.2 Å². The molecule has 0 spiro atoms. The second-order valence-electron chi connectivity index (χ2n) is 11.3. The second-order valence-corrected chi connectivity index (χ2v) is 12.9. The van der Waals surface area contributed by atoms with Gasteiger partial charge in [0.2, 0.25) is 0 Å². The van der Waals surface area contributed by atoms with E-state index < -0.39 is 67.8 Å². The molecule has 13 nitrogen and oxygen atoms in total. The Kier molecular flexibility index (Phi) is 11.5. The number of ether oxygens (including phenoxy) is 3. The van der Waals surface area contributed by atoms with Crippen LogP contribution in [0.4, 0.5) is 13.6 Å². The van der Waals surface area contributed by atoms with Crippen molar-refractivity contribution in [2.24, 2.45) is 0 Å². The van der Waals surface area contributed by atoms with Crippen LogP contribution in [0.1, 0.15) is 44.1 Å². The first kappa shape index (κ1) is 35.4. The summed E-state index contributed by atoms with van der Waals surface area (Å²) in [5.41, 5.74) is -1.37. The highest BCUT2D eigenvalue weighted by molar-refractivity contribution is 7.46. The number of alkyl carbamates (subject to hydrolysis) is 1. The summed E-state index contributed by atoms with van der Waals surface area (Å²) in [5, 5.41) is 8.30. The van der Waals surface area contributed by atoms with Crippen LogP contribution in [0.3, 0.4) is 0 Å². The third-order valence-electron chi connectivity index (χ3n) is 7.96. The molecule has 2 bridgehead atoms. The summed E-state index contributed by atoms with van der Waals surface area (Å²) in [6.07, 6.45) is 0.0103. The summed E-state index contributed by atoms with van der Waals surface area (Å²) in [5.74, 6) is -1.90. The van der Waals surface area contributed by atoms with Crippen molar-refractivity contribution in [1.82, 2.24) is 16.0 Å². The lowest BCUT2D eigenvalue weighted by molar-refractivity contribution is -0.137. The number of amides is 3. The van der Waals surface area contributed by atoms with Gasteiger partial charge in [-0.05, 0) is 62.8 Å². The molecular formula is C29H35ClF2N3O10P. The number of halogens is 3. The molecule has 3 aliphatic rings. The minimum atomic E-state index is -4.64. The molecule has 1 atom stereocenters. The van der Waals surface area contributed by atoms with Crippen LogP contribution in [0.2, 0.25) is 5.02 Å². The fourth-order valence-electron chi connectivity index (χ4n) is 5.58. The minimum Gasteiger partial charge on any atom is -0.484 e. The maximum atomic E-state index is 13.9. The lowest BCUT2D eigenvalue weighted by Gasteiger charge is -2.57. The van der Waals surface area contributed by atoms with E-state index in [4.69, 9.17) is 35.6 Å². The van der Waals surface area contributed by atoms with Crippen LogP contribution in [0.5, 0.6) is 11.5 Å². The maximum Gasteiger partial charge on any atom is 0.469 e. The van der Waals surface area contributed by atoms with Gasteiger partial charge in [-0.2, -0.15) is 0 Å². The molecule has 2 aromatic rings. The number of nitrogens with one attached hydrogen (secondary N) is 3. The zero-order valence-electron chi connectivity index (χ0n) is 24.9. The Hall–Kier alpha value is -3.49. The molecule has 0 aromatic heterocycles. The predicted octanol–water partition coefficient (Wildman–Crippen LogP) is 3.67. The number of aryl methyl sites for hydroxylation is 1. The van der Waals surface area contributed by atoms with Crippen LogP contribution in [-0.4, -0.2) is 71.2 Å². The van der Waals surface area contributed by atoms with E-state index in [-0.39, 0.29) is 42.5 Å². The molecule has 3 amide bonds. The Labute approximate surface area is 268 Å². The van der Waals surface area contributed by atoms with Crippen molar-refractivity contribution in [3.63, 3.8) is 0 Å². The second kappa shape index (κ2) is 14.9. The van der Waals surface area contributed by atoms with Crippen molar-refractivity contribution in [3.8, 4) is 11.5 Å². The van der Waals surface area contributed by atoms with Crippen LogP contribution < -0.4 is 25.4 Å². The molecule has 0 aliphatic heterocycles. The van der Waals surface area contributed by atoms with Crippen molar-refractivity contribution in [2.75, 3.05) is 26.4 Å². The van der Waals surface area contributed by atoms with Crippen molar-refractivity contribution in [1.29, 1.82) is 0 Å². The van der Waals surface area contributed by atoms with Crippen LogP contribution in [-0.2, 0) is 23.4 Å². The summed E-state index contributed by atoms with van der Waals surface area (Å²) in [6.45, 7) is 0.437. The van der Waals surface area contributed by atoms with Gasteiger partial charge in [0, 0.05) is 30.6 Å². The molecule has 0 saturated heterocycles. The van der Waals surface area contributed by atoms with Gasteiger partial charge in [0.25, 0.3) is 11.8 Å². The van der Waals surface area contributed by atoms with Crippen LogP contribution in [0.15, 0.2) is 36.4 Å². The third kappa shape index (κ3) is 9.76. The van der Waals surface area contributed by atoms with Crippen molar-refractivity contribution in [3.05, 3.63) is 58.6 Å². The van der Waals surface area contributed by atoms with E-state index >= 15 is 0 Å². The van der Waals surface area contributed by atoms with Gasteiger partial charge in [-0.3, -0.25) is 14.1 Å². The maximum absolute atomic E-state index is 13.9. The fourth-order valence-corrected chi connectivity index (χ4v) is 6.06.